The highest BCUT2D eigenvalue weighted by atomic mass is 16.5. The summed E-state index contributed by atoms with van der Waals surface area (Å²) in [6.45, 7) is 4.93. The molecule has 4 nitrogen and oxygen atoms in total. The molecule has 90 valence electrons. The number of aromatic nitrogens is 1. The van der Waals surface area contributed by atoms with Crippen molar-refractivity contribution in [2.24, 2.45) is 0 Å². The molecule has 1 aromatic heterocycles. The molecule has 16 heavy (non-hydrogen) atoms. The Hall–Kier alpha value is -1.13. The van der Waals surface area contributed by atoms with Crippen molar-refractivity contribution in [2.45, 2.75) is 26.0 Å². The van der Waals surface area contributed by atoms with Gasteiger partial charge in [-0.15, -0.1) is 0 Å². The molecule has 0 aliphatic rings. The van der Waals surface area contributed by atoms with Gasteiger partial charge in [0, 0.05) is 13.3 Å². The Balaban J connectivity index is 2.99. The first-order valence-corrected chi connectivity index (χ1v) is 5.49. The van der Waals surface area contributed by atoms with Gasteiger partial charge < -0.3 is 14.8 Å². The molecule has 0 aliphatic heterocycles. The van der Waals surface area contributed by atoms with Crippen molar-refractivity contribution in [2.75, 3.05) is 20.8 Å². The minimum atomic E-state index is 0.0451. The molecule has 0 saturated carbocycles. The summed E-state index contributed by atoms with van der Waals surface area (Å²) in [6.07, 6.45) is 1.81. The third-order valence-electron chi connectivity index (χ3n) is 2.58. The maximum absolute atomic E-state index is 5.36. The zero-order valence-corrected chi connectivity index (χ0v) is 10.4. The van der Waals surface area contributed by atoms with Crippen LogP contribution in [0.4, 0.5) is 0 Å². The van der Waals surface area contributed by atoms with Crippen LogP contribution < -0.4 is 10.1 Å². The predicted molar refractivity (Wildman–Crippen MR) is 63.7 cm³/mol. The van der Waals surface area contributed by atoms with Gasteiger partial charge in [0.15, 0.2) is 0 Å². The van der Waals surface area contributed by atoms with Crippen LogP contribution in [0.25, 0.3) is 0 Å². The van der Waals surface area contributed by atoms with Gasteiger partial charge in [-0.25, -0.2) is 0 Å². The normalized spacial score (nSPS) is 14.5. The average Bonchev–Trinajstić information content (AvgIpc) is 2.35. The largest absolute Gasteiger partial charge is 0.495 e. The van der Waals surface area contributed by atoms with E-state index in [-0.39, 0.29) is 12.1 Å². The number of hydrogen-bond acceptors (Lipinski definition) is 4. The first-order chi connectivity index (χ1) is 7.74. The Bertz CT molecular complexity index is 318. The fourth-order valence-electron chi connectivity index (χ4n) is 1.65. The van der Waals surface area contributed by atoms with Gasteiger partial charge in [-0.05, 0) is 25.6 Å². The molecule has 1 heterocycles. The number of nitrogens with zero attached hydrogens (tertiary/aromatic N) is 1. The molecule has 0 saturated heterocycles. The van der Waals surface area contributed by atoms with E-state index in [1.165, 1.54) is 0 Å². The van der Waals surface area contributed by atoms with Crippen LogP contribution in [0.5, 0.6) is 5.75 Å². The zero-order valence-electron chi connectivity index (χ0n) is 10.4. The Morgan fingerprint density at radius 1 is 1.44 bits per heavy atom. The Morgan fingerprint density at radius 3 is 2.75 bits per heavy atom. The topological polar surface area (TPSA) is 43.4 Å². The molecule has 1 rings (SSSR count). The Kier molecular flexibility index (Phi) is 5.22. The first kappa shape index (κ1) is 12.9. The van der Waals surface area contributed by atoms with E-state index in [9.17, 15) is 0 Å². The summed E-state index contributed by atoms with van der Waals surface area (Å²) >= 11 is 0. The van der Waals surface area contributed by atoms with Gasteiger partial charge in [0.2, 0.25) is 0 Å². The molecular weight excluding hydrogens is 204 g/mol. The highest BCUT2D eigenvalue weighted by Crippen LogP contribution is 2.25. The number of pyridine rings is 1. The molecule has 0 amide bonds. The van der Waals surface area contributed by atoms with Crippen molar-refractivity contribution in [1.29, 1.82) is 0 Å². The average molecular weight is 224 g/mol. The van der Waals surface area contributed by atoms with Crippen molar-refractivity contribution in [1.82, 2.24) is 10.3 Å². The fourth-order valence-corrected chi connectivity index (χ4v) is 1.65. The second kappa shape index (κ2) is 6.45. The highest BCUT2D eigenvalue weighted by Gasteiger charge is 2.22. The summed E-state index contributed by atoms with van der Waals surface area (Å²) in [4.78, 5) is 4.37. The van der Waals surface area contributed by atoms with Crippen molar-refractivity contribution in [3.8, 4) is 5.75 Å². The number of nitrogens with one attached hydrogen (secondary N) is 1. The molecule has 0 aromatic carbocycles. The molecule has 0 spiro atoms. The van der Waals surface area contributed by atoms with E-state index in [0.29, 0.717) is 0 Å². The van der Waals surface area contributed by atoms with E-state index in [1.54, 1.807) is 20.4 Å². The molecule has 0 fully saturated rings. The van der Waals surface area contributed by atoms with Gasteiger partial charge >= 0.3 is 0 Å². The lowest BCUT2D eigenvalue weighted by molar-refractivity contribution is 0.0812. The number of methoxy groups -OCH3 is 2. The van der Waals surface area contributed by atoms with Crippen molar-refractivity contribution in [3.05, 3.63) is 24.0 Å². The van der Waals surface area contributed by atoms with Crippen LogP contribution in [-0.2, 0) is 4.74 Å². The second-order valence-corrected chi connectivity index (χ2v) is 3.57. The van der Waals surface area contributed by atoms with Crippen LogP contribution >= 0.6 is 0 Å². The van der Waals surface area contributed by atoms with Crippen molar-refractivity contribution in [3.63, 3.8) is 0 Å². The third kappa shape index (κ3) is 2.93. The molecule has 1 aromatic rings. The molecule has 0 bridgehead atoms. The van der Waals surface area contributed by atoms with E-state index in [2.05, 4.69) is 17.2 Å². The van der Waals surface area contributed by atoms with Crippen LogP contribution in [0.1, 0.15) is 25.6 Å². The zero-order chi connectivity index (χ0) is 12.0. The predicted octanol–water partition coefficient (Wildman–Crippen LogP) is 1.78. The maximum Gasteiger partial charge on any atom is 0.142 e. The summed E-state index contributed by atoms with van der Waals surface area (Å²) in [7, 11) is 3.35. The minimum absolute atomic E-state index is 0.0451. The van der Waals surface area contributed by atoms with Crippen LogP contribution in [0.3, 0.4) is 0 Å². The smallest absolute Gasteiger partial charge is 0.142 e. The maximum atomic E-state index is 5.36. The number of hydrogen-bond donors (Lipinski definition) is 1. The standard InChI is InChI=1S/C12H20N2O2/c1-5-13-11(9(2)15-3)12-10(16-4)7-6-8-14-12/h6-9,11,13H,5H2,1-4H3. The Morgan fingerprint density at radius 2 is 2.19 bits per heavy atom. The van der Waals surface area contributed by atoms with Crippen molar-refractivity contribution >= 4 is 0 Å². The monoisotopic (exact) mass is 224 g/mol. The Labute approximate surface area is 97.0 Å². The molecule has 2 atom stereocenters. The summed E-state index contributed by atoms with van der Waals surface area (Å²) < 4.78 is 10.7. The summed E-state index contributed by atoms with van der Waals surface area (Å²) in [6, 6.07) is 3.82. The lowest BCUT2D eigenvalue weighted by Crippen LogP contribution is -2.32. The molecule has 0 radical (unpaired) electrons. The van der Waals surface area contributed by atoms with Gasteiger partial charge in [0.1, 0.15) is 11.4 Å². The first-order valence-electron chi connectivity index (χ1n) is 5.49. The lowest BCUT2D eigenvalue weighted by atomic mass is 10.1. The summed E-state index contributed by atoms with van der Waals surface area (Å²) in [5, 5.41) is 3.36. The van der Waals surface area contributed by atoms with Gasteiger partial charge in [0.25, 0.3) is 0 Å². The molecule has 0 aliphatic carbocycles. The van der Waals surface area contributed by atoms with Crippen LogP contribution in [-0.4, -0.2) is 31.9 Å². The van der Waals surface area contributed by atoms with E-state index < -0.39 is 0 Å². The lowest BCUT2D eigenvalue weighted by Gasteiger charge is -2.24. The molecule has 1 N–H and O–H groups in total. The third-order valence-corrected chi connectivity index (χ3v) is 2.58. The fraction of sp³-hybridized carbons (Fsp3) is 0.583. The second-order valence-electron chi connectivity index (χ2n) is 3.57. The van der Waals surface area contributed by atoms with E-state index in [0.717, 1.165) is 18.0 Å². The summed E-state index contributed by atoms with van der Waals surface area (Å²) in [5.74, 6) is 0.789. The van der Waals surface area contributed by atoms with E-state index >= 15 is 0 Å². The van der Waals surface area contributed by atoms with Crippen LogP contribution in [0, 0.1) is 0 Å². The molecular formula is C12H20N2O2. The van der Waals surface area contributed by atoms with Gasteiger partial charge in [-0.2, -0.15) is 0 Å². The number of likely N-dealkylation sites (N-methyl/N-ethyl adjacent to an activating group) is 1. The van der Waals surface area contributed by atoms with Gasteiger partial charge in [0.05, 0.1) is 19.3 Å². The van der Waals surface area contributed by atoms with Crippen LogP contribution in [0.15, 0.2) is 18.3 Å². The summed E-state index contributed by atoms with van der Waals surface area (Å²) in [5.41, 5.74) is 0.890. The molecule has 4 heteroatoms. The number of ether oxygens (including phenoxy) is 2. The van der Waals surface area contributed by atoms with Crippen LogP contribution in [0.2, 0.25) is 0 Å². The van der Waals surface area contributed by atoms with Crippen molar-refractivity contribution < 1.29 is 9.47 Å². The van der Waals surface area contributed by atoms with Gasteiger partial charge in [-0.1, -0.05) is 6.92 Å². The quantitative estimate of drug-likeness (QED) is 0.800. The van der Waals surface area contributed by atoms with Gasteiger partial charge in [-0.3, -0.25) is 4.98 Å². The number of rotatable bonds is 6. The highest BCUT2D eigenvalue weighted by molar-refractivity contribution is 5.30. The minimum Gasteiger partial charge on any atom is -0.495 e. The SMILES string of the molecule is CCNC(c1ncccc1OC)C(C)OC. The van der Waals surface area contributed by atoms with E-state index in [4.69, 9.17) is 9.47 Å². The van der Waals surface area contributed by atoms with E-state index in [1.807, 2.05) is 19.1 Å². The molecule has 2 unspecified atom stereocenters.